The van der Waals surface area contributed by atoms with E-state index in [1.54, 1.807) is 14.1 Å². The maximum absolute atomic E-state index is 11.9. The Kier molecular flexibility index (Phi) is 3.50. The highest BCUT2D eigenvalue weighted by Gasteiger charge is 2.35. The van der Waals surface area contributed by atoms with Crippen molar-refractivity contribution in [2.45, 2.75) is 12.5 Å². The number of nitrogens with two attached hydrogens (primary N) is 1. The lowest BCUT2D eigenvalue weighted by atomic mass is 10.1. The molecule has 100 valence electrons. The van der Waals surface area contributed by atoms with Crippen LogP contribution in [0.25, 0.3) is 0 Å². The second-order valence-electron chi connectivity index (χ2n) is 4.55. The van der Waals surface area contributed by atoms with Gasteiger partial charge in [-0.25, -0.2) is 0 Å². The minimum absolute atomic E-state index is 0.204. The molecule has 1 aromatic rings. The number of hydrogen-bond acceptors (Lipinski definition) is 4. The summed E-state index contributed by atoms with van der Waals surface area (Å²) in [4.78, 5) is 24.8. The lowest BCUT2D eigenvalue weighted by Crippen LogP contribution is -2.39. The molecule has 6 nitrogen and oxygen atoms in total. The van der Waals surface area contributed by atoms with Crippen LogP contribution >= 0.6 is 0 Å². The standard InChI is InChI=1S/C13H16N4O2/c1-16(2)13(19)10-8-11(12(14)18)17(15-10)9-6-4-3-5-7-9/h3-7,11H,8H2,1-2H3,(H2,14,18). The van der Waals surface area contributed by atoms with E-state index in [9.17, 15) is 9.59 Å². The fourth-order valence-corrected chi connectivity index (χ4v) is 1.94. The molecule has 2 N–H and O–H groups in total. The molecule has 0 fully saturated rings. The van der Waals surface area contributed by atoms with Gasteiger partial charge in [-0.2, -0.15) is 5.10 Å². The van der Waals surface area contributed by atoms with Crippen molar-refractivity contribution in [2.75, 3.05) is 19.1 Å². The average molecular weight is 260 g/mol. The second-order valence-corrected chi connectivity index (χ2v) is 4.55. The predicted octanol–water partition coefficient (Wildman–Crippen LogP) is 0.195. The second kappa shape index (κ2) is 5.09. The largest absolute Gasteiger partial charge is 0.368 e. The van der Waals surface area contributed by atoms with Gasteiger partial charge in [0, 0.05) is 20.5 Å². The summed E-state index contributed by atoms with van der Waals surface area (Å²) < 4.78 is 0. The Morgan fingerprint density at radius 2 is 1.95 bits per heavy atom. The molecular weight excluding hydrogens is 244 g/mol. The molecule has 19 heavy (non-hydrogen) atoms. The monoisotopic (exact) mass is 260 g/mol. The van der Waals surface area contributed by atoms with Crippen LogP contribution in [-0.4, -0.2) is 42.6 Å². The molecule has 2 rings (SSSR count). The van der Waals surface area contributed by atoms with Gasteiger partial charge in [0.25, 0.3) is 5.91 Å². The van der Waals surface area contributed by atoms with Crippen molar-refractivity contribution < 1.29 is 9.59 Å². The fourth-order valence-electron chi connectivity index (χ4n) is 1.94. The van der Waals surface area contributed by atoms with Gasteiger partial charge in [-0.3, -0.25) is 14.6 Å². The molecule has 0 spiro atoms. The van der Waals surface area contributed by atoms with Crippen LogP contribution in [0.15, 0.2) is 35.4 Å². The molecule has 6 heteroatoms. The summed E-state index contributed by atoms with van der Waals surface area (Å²) in [5.41, 5.74) is 6.47. The molecular formula is C13H16N4O2. The van der Waals surface area contributed by atoms with E-state index in [0.717, 1.165) is 5.69 Å². The zero-order valence-corrected chi connectivity index (χ0v) is 10.9. The van der Waals surface area contributed by atoms with E-state index in [1.807, 2.05) is 30.3 Å². The Morgan fingerprint density at radius 3 is 2.47 bits per heavy atom. The van der Waals surface area contributed by atoms with Gasteiger partial charge in [0.15, 0.2) is 0 Å². The number of benzene rings is 1. The van der Waals surface area contributed by atoms with Crippen LogP contribution < -0.4 is 10.7 Å². The van der Waals surface area contributed by atoms with Gasteiger partial charge in [0.1, 0.15) is 11.8 Å². The number of hydrazone groups is 1. The van der Waals surface area contributed by atoms with E-state index >= 15 is 0 Å². The van der Waals surface area contributed by atoms with Crippen molar-refractivity contribution in [1.82, 2.24) is 4.90 Å². The van der Waals surface area contributed by atoms with Crippen LogP contribution in [0.2, 0.25) is 0 Å². The third-order valence-corrected chi connectivity index (χ3v) is 2.91. The molecule has 1 atom stereocenters. The van der Waals surface area contributed by atoms with Crippen LogP contribution in [0.1, 0.15) is 6.42 Å². The highest BCUT2D eigenvalue weighted by Crippen LogP contribution is 2.24. The van der Waals surface area contributed by atoms with E-state index in [4.69, 9.17) is 5.73 Å². The fraction of sp³-hybridized carbons (Fsp3) is 0.308. The number of hydrogen-bond donors (Lipinski definition) is 1. The number of rotatable bonds is 3. The van der Waals surface area contributed by atoms with Crippen molar-refractivity contribution in [3.63, 3.8) is 0 Å². The molecule has 0 aliphatic carbocycles. The SMILES string of the molecule is CN(C)C(=O)C1=NN(c2ccccc2)C(C(N)=O)C1. The van der Waals surface area contributed by atoms with Gasteiger partial charge >= 0.3 is 0 Å². The smallest absolute Gasteiger partial charge is 0.269 e. The van der Waals surface area contributed by atoms with E-state index < -0.39 is 11.9 Å². The van der Waals surface area contributed by atoms with Crippen LogP contribution in [0.4, 0.5) is 5.69 Å². The van der Waals surface area contributed by atoms with Crippen molar-refractivity contribution in [1.29, 1.82) is 0 Å². The first-order chi connectivity index (χ1) is 9.00. The number of carbonyl (C=O) groups is 2. The van der Waals surface area contributed by atoms with E-state index in [0.29, 0.717) is 5.71 Å². The Labute approximate surface area is 111 Å². The van der Waals surface area contributed by atoms with E-state index in [2.05, 4.69) is 5.10 Å². The molecule has 1 aromatic carbocycles. The zero-order valence-electron chi connectivity index (χ0n) is 10.9. The summed E-state index contributed by atoms with van der Waals surface area (Å²) in [6.45, 7) is 0. The first-order valence-electron chi connectivity index (χ1n) is 5.93. The van der Waals surface area contributed by atoms with Crippen LogP contribution in [0, 0.1) is 0 Å². The van der Waals surface area contributed by atoms with Gasteiger partial charge in [0.2, 0.25) is 5.91 Å². The highest BCUT2D eigenvalue weighted by atomic mass is 16.2. The molecule has 1 aliphatic heterocycles. The third kappa shape index (κ3) is 2.57. The molecule has 2 amide bonds. The van der Waals surface area contributed by atoms with Crippen molar-refractivity contribution in [3.8, 4) is 0 Å². The molecule has 0 radical (unpaired) electrons. The summed E-state index contributed by atoms with van der Waals surface area (Å²) in [6.07, 6.45) is 0.237. The van der Waals surface area contributed by atoms with Gasteiger partial charge in [-0.1, -0.05) is 18.2 Å². The molecule has 0 saturated carbocycles. The average Bonchev–Trinajstić information content (AvgIpc) is 2.83. The Hall–Kier alpha value is -2.37. The summed E-state index contributed by atoms with van der Waals surface area (Å²) in [6, 6.07) is 8.59. The number of carbonyl (C=O) groups excluding carboxylic acids is 2. The van der Waals surface area contributed by atoms with Gasteiger partial charge in [0.05, 0.1) is 5.69 Å². The Balaban J connectivity index is 2.33. The van der Waals surface area contributed by atoms with Crippen LogP contribution in [-0.2, 0) is 9.59 Å². The Morgan fingerprint density at radius 1 is 1.32 bits per heavy atom. The van der Waals surface area contributed by atoms with Crippen molar-refractivity contribution in [2.24, 2.45) is 10.8 Å². The first-order valence-corrected chi connectivity index (χ1v) is 5.93. The number of para-hydroxylation sites is 1. The maximum atomic E-state index is 11.9. The highest BCUT2D eigenvalue weighted by molar-refractivity contribution is 6.40. The Bertz CT molecular complexity index is 525. The van der Waals surface area contributed by atoms with E-state index in [1.165, 1.54) is 9.91 Å². The first kappa shape index (κ1) is 13.1. The minimum atomic E-state index is -0.610. The zero-order chi connectivity index (χ0) is 14.0. The summed E-state index contributed by atoms with van der Waals surface area (Å²) in [5, 5.41) is 5.75. The normalized spacial score (nSPS) is 18.1. The summed E-state index contributed by atoms with van der Waals surface area (Å²) >= 11 is 0. The quantitative estimate of drug-likeness (QED) is 0.843. The van der Waals surface area contributed by atoms with Crippen LogP contribution in [0.5, 0.6) is 0 Å². The van der Waals surface area contributed by atoms with Crippen molar-refractivity contribution in [3.05, 3.63) is 30.3 Å². The molecule has 0 saturated heterocycles. The molecule has 1 aliphatic rings. The predicted molar refractivity (Wildman–Crippen MR) is 72.6 cm³/mol. The lowest BCUT2D eigenvalue weighted by Gasteiger charge is -2.20. The number of nitrogens with zero attached hydrogens (tertiary/aromatic N) is 3. The molecule has 0 bridgehead atoms. The number of anilines is 1. The topological polar surface area (TPSA) is 79.0 Å². The molecule has 1 unspecified atom stereocenters. The maximum Gasteiger partial charge on any atom is 0.269 e. The van der Waals surface area contributed by atoms with Gasteiger partial charge in [-0.05, 0) is 12.1 Å². The minimum Gasteiger partial charge on any atom is -0.368 e. The van der Waals surface area contributed by atoms with Gasteiger partial charge < -0.3 is 10.6 Å². The summed E-state index contributed by atoms with van der Waals surface area (Å²) in [7, 11) is 3.30. The molecule has 1 heterocycles. The number of amides is 2. The summed E-state index contributed by atoms with van der Waals surface area (Å²) in [5.74, 6) is -0.696. The number of primary amides is 1. The third-order valence-electron chi connectivity index (χ3n) is 2.91. The molecule has 0 aromatic heterocycles. The van der Waals surface area contributed by atoms with Crippen molar-refractivity contribution >= 4 is 23.2 Å². The van der Waals surface area contributed by atoms with E-state index in [-0.39, 0.29) is 12.3 Å². The van der Waals surface area contributed by atoms with Crippen LogP contribution in [0.3, 0.4) is 0 Å². The lowest BCUT2D eigenvalue weighted by molar-refractivity contribution is -0.121. The van der Waals surface area contributed by atoms with Gasteiger partial charge in [-0.15, -0.1) is 0 Å².